The SMILES string of the molecule is C=CCn1c(C)nnc1SCC(=O)Nc1ccc2c(c1)CCC2. The van der Waals surface area contributed by atoms with Crippen molar-refractivity contribution in [3.05, 3.63) is 47.8 Å². The number of fused-ring (bicyclic) bond motifs is 1. The van der Waals surface area contributed by atoms with Crippen LogP contribution < -0.4 is 5.32 Å². The fraction of sp³-hybridized carbons (Fsp3) is 0.353. The summed E-state index contributed by atoms with van der Waals surface area (Å²) in [4.78, 5) is 12.2. The van der Waals surface area contributed by atoms with Crippen LogP contribution in [0.2, 0.25) is 0 Å². The molecule has 0 unspecified atom stereocenters. The molecule has 0 bridgehead atoms. The maximum Gasteiger partial charge on any atom is 0.234 e. The number of hydrogen-bond donors (Lipinski definition) is 1. The summed E-state index contributed by atoms with van der Waals surface area (Å²) in [5, 5.41) is 11.9. The van der Waals surface area contributed by atoms with Gasteiger partial charge in [0.05, 0.1) is 5.75 Å². The number of aryl methyl sites for hydroxylation is 3. The van der Waals surface area contributed by atoms with Gasteiger partial charge in [-0.1, -0.05) is 23.9 Å². The topological polar surface area (TPSA) is 59.8 Å². The van der Waals surface area contributed by atoms with Gasteiger partial charge in [0, 0.05) is 12.2 Å². The molecule has 5 nitrogen and oxygen atoms in total. The van der Waals surface area contributed by atoms with Crippen LogP contribution in [-0.2, 0) is 24.2 Å². The molecule has 1 aromatic heterocycles. The Hall–Kier alpha value is -2.08. The second kappa shape index (κ2) is 7.00. The van der Waals surface area contributed by atoms with Crippen molar-refractivity contribution in [1.82, 2.24) is 14.8 Å². The molecule has 3 rings (SSSR count). The van der Waals surface area contributed by atoms with E-state index in [1.165, 1.54) is 29.3 Å². The quantitative estimate of drug-likeness (QED) is 0.654. The second-order valence-electron chi connectivity index (χ2n) is 5.60. The molecular formula is C17H20N4OS. The first-order valence-electron chi connectivity index (χ1n) is 7.72. The molecule has 6 heteroatoms. The summed E-state index contributed by atoms with van der Waals surface area (Å²) < 4.78 is 1.94. The molecule has 2 aromatic rings. The van der Waals surface area contributed by atoms with Gasteiger partial charge in [0.25, 0.3) is 0 Å². The van der Waals surface area contributed by atoms with Gasteiger partial charge in [0.15, 0.2) is 5.16 Å². The van der Waals surface area contributed by atoms with E-state index in [4.69, 9.17) is 0 Å². The minimum absolute atomic E-state index is 0.0289. The number of allylic oxidation sites excluding steroid dienone is 1. The third kappa shape index (κ3) is 3.64. The van der Waals surface area contributed by atoms with Gasteiger partial charge in [-0.3, -0.25) is 4.79 Å². The summed E-state index contributed by atoms with van der Waals surface area (Å²) >= 11 is 1.39. The van der Waals surface area contributed by atoms with E-state index in [0.29, 0.717) is 12.3 Å². The molecule has 1 aliphatic carbocycles. The fourth-order valence-corrected chi connectivity index (χ4v) is 3.58. The zero-order chi connectivity index (χ0) is 16.2. The standard InChI is InChI=1S/C17H20N4OS/c1-3-9-21-12(2)19-20-17(21)23-11-16(22)18-15-8-7-13-5-4-6-14(13)10-15/h3,7-8,10H,1,4-6,9,11H2,2H3,(H,18,22). The highest BCUT2D eigenvalue weighted by Gasteiger charge is 2.13. The summed E-state index contributed by atoms with van der Waals surface area (Å²) in [7, 11) is 0. The lowest BCUT2D eigenvalue weighted by atomic mass is 10.1. The van der Waals surface area contributed by atoms with Crippen LogP contribution in [0.25, 0.3) is 0 Å². The summed E-state index contributed by atoms with van der Waals surface area (Å²) in [6.07, 6.45) is 5.27. The van der Waals surface area contributed by atoms with Gasteiger partial charge < -0.3 is 9.88 Å². The van der Waals surface area contributed by atoms with E-state index < -0.39 is 0 Å². The zero-order valence-corrected chi connectivity index (χ0v) is 14.0. The average molecular weight is 328 g/mol. The predicted octanol–water partition coefficient (Wildman–Crippen LogP) is 2.99. The minimum Gasteiger partial charge on any atom is -0.325 e. The van der Waals surface area contributed by atoms with Crippen molar-refractivity contribution < 1.29 is 4.79 Å². The molecule has 1 aromatic carbocycles. The van der Waals surface area contributed by atoms with E-state index in [2.05, 4.69) is 34.2 Å². The third-order valence-electron chi connectivity index (χ3n) is 3.93. The highest BCUT2D eigenvalue weighted by atomic mass is 32.2. The number of aromatic nitrogens is 3. The normalized spacial score (nSPS) is 12.9. The summed E-state index contributed by atoms with van der Waals surface area (Å²) in [5.74, 6) is 1.11. The third-order valence-corrected chi connectivity index (χ3v) is 4.89. The number of anilines is 1. The first-order chi connectivity index (χ1) is 11.2. The molecular weight excluding hydrogens is 308 g/mol. The number of amides is 1. The number of nitrogens with zero attached hydrogens (tertiary/aromatic N) is 3. The monoisotopic (exact) mass is 328 g/mol. The van der Waals surface area contributed by atoms with Crippen LogP contribution in [0, 0.1) is 6.92 Å². The second-order valence-corrected chi connectivity index (χ2v) is 6.55. The Kier molecular flexibility index (Phi) is 4.81. The van der Waals surface area contributed by atoms with Gasteiger partial charge in [-0.25, -0.2) is 0 Å². The lowest BCUT2D eigenvalue weighted by Crippen LogP contribution is -2.15. The Bertz CT molecular complexity index is 738. The summed E-state index contributed by atoms with van der Waals surface area (Å²) in [6.45, 7) is 6.27. The summed E-state index contributed by atoms with van der Waals surface area (Å²) in [5.41, 5.74) is 3.64. The molecule has 0 aliphatic heterocycles. The number of nitrogens with one attached hydrogen (secondary N) is 1. The number of hydrogen-bond acceptors (Lipinski definition) is 4. The van der Waals surface area contributed by atoms with Gasteiger partial charge in [-0.05, 0) is 49.4 Å². The molecule has 0 radical (unpaired) electrons. The number of benzene rings is 1. The van der Waals surface area contributed by atoms with E-state index in [0.717, 1.165) is 29.5 Å². The van der Waals surface area contributed by atoms with Crippen LogP contribution in [0.4, 0.5) is 5.69 Å². The maximum atomic E-state index is 12.2. The van der Waals surface area contributed by atoms with E-state index >= 15 is 0 Å². The Morgan fingerprint density at radius 2 is 2.22 bits per heavy atom. The largest absolute Gasteiger partial charge is 0.325 e. The van der Waals surface area contributed by atoms with Crippen molar-refractivity contribution in [3.63, 3.8) is 0 Å². The molecule has 120 valence electrons. The van der Waals surface area contributed by atoms with E-state index in [-0.39, 0.29) is 5.91 Å². The first-order valence-corrected chi connectivity index (χ1v) is 8.71. The van der Waals surface area contributed by atoms with Crippen LogP contribution in [0.1, 0.15) is 23.4 Å². The molecule has 1 amide bonds. The van der Waals surface area contributed by atoms with Crippen molar-refractivity contribution in [2.75, 3.05) is 11.1 Å². The Morgan fingerprint density at radius 3 is 3.04 bits per heavy atom. The van der Waals surface area contributed by atoms with E-state index in [1.54, 1.807) is 6.08 Å². The first kappa shape index (κ1) is 15.8. The number of carbonyl (C=O) groups excluding carboxylic acids is 1. The maximum absolute atomic E-state index is 12.2. The molecule has 1 heterocycles. The predicted molar refractivity (Wildman–Crippen MR) is 92.8 cm³/mol. The van der Waals surface area contributed by atoms with E-state index in [9.17, 15) is 4.79 Å². The number of rotatable bonds is 6. The molecule has 1 N–H and O–H groups in total. The fourth-order valence-electron chi connectivity index (χ4n) is 2.78. The van der Waals surface area contributed by atoms with Gasteiger partial charge in [0.1, 0.15) is 5.82 Å². The van der Waals surface area contributed by atoms with Gasteiger partial charge in [0.2, 0.25) is 5.91 Å². The zero-order valence-electron chi connectivity index (χ0n) is 13.2. The molecule has 0 atom stereocenters. The number of thioether (sulfide) groups is 1. The highest BCUT2D eigenvalue weighted by molar-refractivity contribution is 7.99. The van der Waals surface area contributed by atoms with Crippen LogP contribution in [0.3, 0.4) is 0 Å². The van der Waals surface area contributed by atoms with Crippen LogP contribution >= 0.6 is 11.8 Å². The lowest BCUT2D eigenvalue weighted by molar-refractivity contribution is -0.113. The molecule has 0 saturated carbocycles. The lowest BCUT2D eigenvalue weighted by Gasteiger charge is -2.08. The number of carbonyl (C=O) groups is 1. The van der Waals surface area contributed by atoms with Gasteiger partial charge in [-0.2, -0.15) is 0 Å². The molecule has 0 fully saturated rings. The van der Waals surface area contributed by atoms with Crippen LogP contribution in [0.15, 0.2) is 36.0 Å². The van der Waals surface area contributed by atoms with Crippen molar-refractivity contribution in [3.8, 4) is 0 Å². The molecule has 0 saturated heterocycles. The van der Waals surface area contributed by atoms with Crippen molar-refractivity contribution >= 4 is 23.4 Å². The minimum atomic E-state index is -0.0289. The molecule has 0 spiro atoms. The van der Waals surface area contributed by atoms with Gasteiger partial charge >= 0.3 is 0 Å². The Balaban J connectivity index is 1.59. The van der Waals surface area contributed by atoms with Crippen LogP contribution in [0.5, 0.6) is 0 Å². The van der Waals surface area contributed by atoms with Crippen molar-refractivity contribution in [2.45, 2.75) is 37.9 Å². The highest BCUT2D eigenvalue weighted by Crippen LogP contribution is 2.25. The molecule has 1 aliphatic rings. The Morgan fingerprint density at radius 1 is 1.39 bits per heavy atom. The van der Waals surface area contributed by atoms with Gasteiger partial charge in [-0.15, -0.1) is 16.8 Å². The average Bonchev–Trinajstić information content (AvgIpc) is 3.13. The van der Waals surface area contributed by atoms with Crippen LogP contribution in [-0.4, -0.2) is 26.4 Å². The van der Waals surface area contributed by atoms with E-state index in [1.807, 2.05) is 17.6 Å². The molecule has 23 heavy (non-hydrogen) atoms. The van der Waals surface area contributed by atoms with Crippen molar-refractivity contribution in [2.24, 2.45) is 0 Å². The smallest absolute Gasteiger partial charge is 0.234 e. The summed E-state index contributed by atoms with van der Waals surface area (Å²) in [6, 6.07) is 6.20. The van der Waals surface area contributed by atoms with Crippen molar-refractivity contribution in [1.29, 1.82) is 0 Å². The Labute approximate surface area is 140 Å².